The first-order chi connectivity index (χ1) is 14.8. The molecular weight excluding hydrogens is 395 g/mol. The quantitative estimate of drug-likeness (QED) is 0.650. The van der Waals surface area contributed by atoms with Gasteiger partial charge in [0.2, 0.25) is 0 Å². The highest BCUT2D eigenvalue weighted by molar-refractivity contribution is 5.81. The molecule has 3 aromatic rings. The molecule has 2 heterocycles. The number of anilines is 2. The molecule has 7 heteroatoms. The predicted molar refractivity (Wildman–Crippen MR) is 118 cm³/mol. The minimum Gasteiger partial charge on any atom is -0.383 e. The summed E-state index contributed by atoms with van der Waals surface area (Å²) in [7, 11) is 0. The van der Waals surface area contributed by atoms with E-state index in [4.69, 9.17) is 4.98 Å². The number of fused-ring (bicyclic) bond motifs is 1. The number of benzene rings is 2. The Labute approximate surface area is 181 Å². The lowest BCUT2D eigenvalue weighted by atomic mass is 10.1. The van der Waals surface area contributed by atoms with E-state index in [9.17, 15) is 14.3 Å². The Bertz CT molecular complexity index is 1070. The fourth-order valence-electron chi connectivity index (χ4n) is 3.70. The van der Waals surface area contributed by atoms with Crippen LogP contribution in [-0.4, -0.2) is 38.1 Å². The van der Waals surface area contributed by atoms with Crippen LogP contribution in [0.3, 0.4) is 0 Å². The predicted octanol–water partition coefficient (Wildman–Crippen LogP) is 4.10. The number of carbonyl (C=O) groups excluding carboxylic acids is 1. The molecule has 0 radical (unpaired) electrons. The van der Waals surface area contributed by atoms with Crippen molar-refractivity contribution in [3.63, 3.8) is 0 Å². The highest BCUT2D eigenvalue weighted by Gasteiger charge is 2.31. The summed E-state index contributed by atoms with van der Waals surface area (Å²) in [4.78, 5) is 19.1. The highest BCUT2D eigenvalue weighted by atomic mass is 19.1. The number of carbonyl (C=O) groups is 1. The molecule has 162 valence electrons. The summed E-state index contributed by atoms with van der Waals surface area (Å²) < 4.78 is 15.5. The van der Waals surface area contributed by atoms with Crippen molar-refractivity contribution in [3.05, 3.63) is 65.7 Å². The molecule has 0 aliphatic carbocycles. The number of halogens is 1. The minimum absolute atomic E-state index is 0.150. The van der Waals surface area contributed by atoms with Crippen molar-refractivity contribution in [2.75, 3.05) is 11.9 Å². The number of nitrogens with zero attached hydrogens (tertiary/aromatic N) is 3. The van der Waals surface area contributed by atoms with Gasteiger partial charge in [-0.1, -0.05) is 31.5 Å². The lowest BCUT2D eigenvalue weighted by Crippen LogP contribution is -2.45. The maximum atomic E-state index is 13.5. The summed E-state index contributed by atoms with van der Waals surface area (Å²) in [6.45, 7) is 7.02. The summed E-state index contributed by atoms with van der Waals surface area (Å²) in [5.74, 6) is 0.801. The van der Waals surface area contributed by atoms with Crippen LogP contribution < -0.4 is 5.32 Å². The average Bonchev–Trinajstić information content (AvgIpc) is 3.12. The molecule has 31 heavy (non-hydrogen) atoms. The number of aliphatic hydroxyl groups is 1. The normalized spacial score (nSPS) is 14.5. The second kappa shape index (κ2) is 8.51. The molecule has 1 amide bonds. The van der Waals surface area contributed by atoms with Crippen LogP contribution in [0.1, 0.15) is 25.2 Å². The summed E-state index contributed by atoms with van der Waals surface area (Å²) in [6, 6.07) is 14.3. The van der Waals surface area contributed by atoms with Gasteiger partial charge in [0.15, 0.2) is 0 Å². The van der Waals surface area contributed by atoms with Gasteiger partial charge in [-0.3, -0.25) is 4.79 Å². The molecule has 0 spiro atoms. The number of amides is 1. The zero-order valence-electron chi connectivity index (χ0n) is 18.0. The Morgan fingerprint density at radius 3 is 2.42 bits per heavy atom. The van der Waals surface area contributed by atoms with E-state index in [1.165, 1.54) is 12.1 Å². The van der Waals surface area contributed by atoms with E-state index in [0.717, 1.165) is 28.5 Å². The summed E-state index contributed by atoms with van der Waals surface area (Å²) >= 11 is 0. The van der Waals surface area contributed by atoms with Gasteiger partial charge < -0.3 is 19.9 Å². The van der Waals surface area contributed by atoms with Crippen LogP contribution in [0.5, 0.6) is 0 Å². The zero-order valence-corrected chi connectivity index (χ0v) is 18.0. The van der Waals surface area contributed by atoms with Crippen LogP contribution in [-0.2, 0) is 17.9 Å². The Kier molecular flexibility index (Phi) is 5.78. The number of hydrogen-bond donors (Lipinski definition) is 2. The Balaban J connectivity index is 1.71. The van der Waals surface area contributed by atoms with Crippen molar-refractivity contribution in [2.45, 2.75) is 40.0 Å². The summed E-state index contributed by atoms with van der Waals surface area (Å²) in [5, 5.41) is 13.7. The molecule has 1 aliphatic heterocycles. The van der Waals surface area contributed by atoms with Crippen molar-refractivity contribution in [3.8, 4) is 11.3 Å². The van der Waals surface area contributed by atoms with Crippen LogP contribution in [0, 0.1) is 18.7 Å². The lowest BCUT2D eigenvalue weighted by molar-refractivity contribution is -0.144. The van der Waals surface area contributed by atoms with Crippen molar-refractivity contribution in [1.29, 1.82) is 0 Å². The van der Waals surface area contributed by atoms with Gasteiger partial charge in [-0.15, -0.1) is 0 Å². The van der Waals surface area contributed by atoms with Crippen LogP contribution in [0.4, 0.5) is 15.9 Å². The lowest BCUT2D eigenvalue weighted by Gasteiger charge is -2.31. The van der Waals surface area contributed by atoms with E-state index < -0.39 is 6.10 Å². The van der Waals surface area contributed by atoms with Crippen LogP contribution >= 0.6 is 0 Å². The molecule has 0 saturated carbocycles. The van der Waals surface area contributed by atoms with E-state index in [0.29, 0.717) is 25.3 Å². The van der Waals surface area contributed by atoms with E-state index in [2.05, 4.69) is 9.88 Å². The molecule has 4 rings (SSSR count). The van der Waals surface area contributed by atoms with Crippen molar-refractivity contribution >= 4 is 17.4 Å². The molecule has 0 bridgehead atoms. The van der Waals surface area contributed by atoms with E-state index >= 15 is 0 Å². The third kappa shape index (κ3) is 4.32. The van der Waals surface area contributed by atoms with Gasteiger partial charge in [-0.05, 0) is 49.2 Å². The van der Waals surface area contributed by atoms with Gasteiger partial charge in [0.1, 0.15) is 29.3 Å². The van der Waals surface area contributed by atoms with Gasteiger partial charge in [0.25, 0.3) is 5.91 Å². The topological polar surface area (TPSA) is 70.4 Å². The number of aromatic nitrogens is 2. The molecule has 2 aromatic carbocycles. The van der Waals surface area contributed by atoms with E-state index in [-0.39, 0.29) is 17.6 Å². The third-order valence-corrected chi connectivity index (χ3v) is 5.60. The molecule has 1 aromatic heterocycles. The molecule has 6 nitrogen and oxygen atoms in total. The number of rotatable bonds is 5. The van der Waals surface area contributed by atoms with E-state index in [1.54, 1.807) is 17.0 Å². The second-order valence-corrected chi connectivity index (χ2v) is 8.32. The average molecular weight is 423 g/mol. The number of aryl methyl sites for hydroxylation is 1. The SMILES string of the molecule is Cc1ccc(Nc2c(-c3ccc(F)cc3)nc3n2CCN(C(=O)[C@@H](O)C(C)C)C3)cc1. The highest BCUT2D eigenvalue weighted by Crippen LogP contribution is 2.33. The monoisotopic (exact) mass is 422 g/mol. The van der Waals surface area contributed by atoms with Gasteiger partial charge in [0, 0.05) is 24.3 Å². The summed E-state index contributed by atoms with van der Waals surface area (Å²) in [5.41, 5.74) is 3.58. The molecule has 1 atom stereocenters. The van der Waals surface area contributed by atoms with Crippen LogP contribution in [0.15, 0.2) is 48.5 Å². The van der Waals surface area contributed by atoms with Crippen LogP contribution in [0.25, 0.3) is 11.3 Å². The minimum atomic E-state index is -1.02. The Morgan fingerprint density at radius 2 is 1.77 bits per heavy atom. The van der Waals surface area contributed by atoms with E-state index in [1.807, 2.05) is 45.0 Å². The van der Waals surface area contributed by atoms with Crippen molar-refractivity contribution < 1.29 is 14.3 Å². The number of hydrogen-bond acceptors (Lipinski definition) is 4. The van der Waals surface area contributed by atoms with Gasteiger partial charge in [-0.2, -0.15) is 0 Å². The third-order valence-electron chi connectivity index (χ3n) is 5.60. The molecule has 2 N–H and O–H groups in total. The largest absolute Gasteiger partial charge is 0.383 e. The first kappa shape index (κ1) is 21.1. The number of aliphatic hydroxyl groups excluding tert-OH is 1. The van der Waals surface area contributed by atoms with Gasteiger partial charge >= 0.3 is 0 Å². The summed E-state index contributed by atoms with van der Waals surface area (Å²) in [6.07, 6.45) is -1.02. The molecule has 0 saturated heterocycles. The first-order valence-electron chi connectivity index (χ1n) is 10.5. The van der Waals surface area contributed by atoms with Gasteiger partial charge in [0.05, 0.1) is 6.54 Å². The molecular formula is C24H27FN4O2. The second-order valence-electron chi connectivity index (χ2n) is 8.32. The standard InChI is InChI=1S/C24H27FN4O2/c1-15(2)22(30)24(31)28-12-13-29-20(14-28)27-21(17-6-8-18(25)9-7-17)23(29)26-19-10-4-16(3)5-11-19/h4-11,15,22,26,30H,12-14H2,1-3H3/t22-/m0/s1. The fraction of sp³-hybridized carbons (Fsp3) is 0.333. The molecule has 1 aliphatic rings. The first-order valence-corrected chi connectivity index (χ1v) is 10.5. The number of imidazole rings is 1. The fourth-order valence-corrected chi connectivity index (χ4v) is 3.70. The Morgan fingerprint density at radius 1 is 1.10 bits per heavy atom. The zero-order chi connectivity index (χ0) is 22.1. The molecule has 0 fully saturated rings. The van der Waals surface area contributed by atoms with Crippen molar-refractivity contribution in [1.82, 2.24) is 14.5 Å². The van der Waals surface area contributed by atoms with Crippen LogP contribution in [0.2, 0.25) is 0 Å². The maximum Gasteiger partial charge on any atom is 0.252 e. The van der Waals surface area contributed by atoms with Crippen molar-refractivity contribution in [2.24, 2.45) is 5.92 Å². The maximum absolute atomic E-state index is 13.5. The smallest absolute Gasteiger partial charge is 0.252 e. The molecule has 0 unspecified atom stereocenters. The Hall–Kier alpha value is -3.19. The van der Waals surface area contributed by atoms with Gasteiger partial charge in [-0.25, -0.2) is 9.37 Å². The number of nitrogens with one attached hydrogen (secondary N) is 1.